The van der Waals surface area contributed by atoms with Gasteiger partial charge in [0.05, 0.1) is 31.4 Å². The molecule has 1 fully saturated rings. The van der Waals surface area contributed by atoms with Gasteiger partial charge in [0, 0.05) is 25.0 Å². The van der Waals surface area contributed by atoms with Gasteiger partial charge >= 0.3 is 0 Å². The number of methoxy groups -OCH3 is 2. The molecule has 1 aliphatic rings. The highest BCUT2D eigenvalue weighted by Crippen LogP contribution is 2.42. The molecular formula is C27H26N2O5. The number of aliphatic hydroxyl groups excluding tert-OH is 1. The molecule has 1 amide bonds. The number of ether oxygens (including phenoxy) is 2. The second kappa shape index (κ2) is 9.39. The number of carbonyl (C=O) groups excluding carboxylic acids is 2. The normalized spacial score (nSPS) is 17.2. The number of amides is 1. The van der Waals surface area contributed by atoms with Gasteiger partial charge in [0.25, 0.3) is 11.7 Å². The van der Waals surface area contributed by atoms with Gasteiger partial charge in [-0.1, -0.05) is 23.8 Å². The SMILES string of the molecule is COc1ccc(/C(O)=C2/C(=O)C(=O)N(Cc3cc(C)ccc3C)C2c2ccncc2)c(OC)c1. The van der Waals surface area contributed by atoms with Crippen molar-refractivity contribution in [2.75, 3.05) is 14.2 Å². The topological polar surface area (TPSA) is 89.0 Å². The first kappa shape index (κ1) is 23.0. The lowest BCUT2D eigenvalue weighted by atomic mass is 9.95. The van der Waals surface area contributed by atoms with E-state index in [2.05, 4.69) is 4.98 Å². The molecule has 2 heterocycles. The Bertz CT molecular complexity index is 1280. The maximum atomic E-state index is 13.3. The molecule has 34 heavy (non-hydrogen) atoms. The second-order valence-corrected chi connectivity index (χ2v) is 8.20. The number of likely N-dealkylation sites (tertiary alicyclic amines) is 1. The highest BCUT2D eigenvalue weighted by Gasteiger charge is 2.46. The number of aliphatic hydroxyl groups is 1. The van der Waals surface area contributed by atoms with Crippen molar-refractivity contribution in [3.05, 3.63) is 94.3 Å². The number of nitrogens with zero attached hydrogens (tertiary/aromatic N) is 2. The van der Waals surface area contributed by atoms with E-state index >= 15 is 0 Å². The molecule has 0 saturated carbocycles. The average Bonchev–Trinajstić information content (AvgIpc) is 3.10. The Morgan fingerprint density at radius 3 is 2.41 bits per heavy atom. The van der Waals surface area contributed by atoms with Crippen LogP contribution in [-0.2, 0) is 16.1 Å². The molecule has 0 radical (unpaired) electrons. The van der Waals surface area contributed by atoms with Crippen LogP contribution in [0.25, 0.3) is 5.76 Å². The lowest BCUT2D eigenvalue weighted by molar-refractivity contribution is -0.140. The van der Waals surface area contributed by atoms with Crippen molar-refractivity contribution in [3.8, 4) is 11.5 Å². The van der Waals surface area contributed by atoms with Crippen LogP contribution < -0.4 is 9.47 Å². The minimum Gasteiger partial charge on any atom is -0.507 e. The summed E-state index contributed by atoms with van der Waals surface area (Å²) in [5.74, 6) is -0.858. The largest absolute Gasteiger partial charge is 0.507 e. The van der Waals surface area contributed by atoms with Gasteiger partial charge in [0.15, 0.2) is 0 Å². The molecule has 1 aliphatic heterocycles. The Labute approximate surface area is 198 Å². The Morgan fingerprint density at radius 1 is 1.00 bits per heavy atom. The third-order valence-corrected chi connectivity index (χ3v) is 6.07. The molecule has 0 bridgehead atoms. The minimum atomic E-state index is -0.783. The fraction of sp³-hybridized carbons (Fsp3) is 0.222. The standard InChI is InChI=1S/C27H26N2O5/c1-16-5-6-17(2)19(13-16)15-29-24(18-9-11-28-12-10-18)23(26(31)27(29)32)25(30)21-8-7-20(33-3)14-22(21)34-4/h5-14,24,30H,15H2,1-4H3/b25-23-. The van der Waals surface area contributed by atoms with Crippen LogP contribution in [0.1, 0.15) is 33.9 Å². The first-order valence-electron chi connectivity index (χ1n) is 10.8. The molecule has 4 rings (SSSR count). The van der Waals surface area contributed by atoms with E-state index in [0.29, 0.717) is 22.6 Å². The lowest BCUT2D eigenvalue weighted by Crippen LogP contribution is -2.29. The molecule has 174 valence electrons. The highest BCUT2D eigenvalue weighted by molar-refractivity contribution is 6.46. The summed E-state index contributed by atoms with van der Waals surface area (Å²) in [5.41, 5.74) is 3.98. The molecule has 1 unspecified atom stereocenters. The Kier molecular flexibility index (Phi) is 6.36. The first-order valence-corrected chi connectivity index (χ1v) is 10.8. The number of rotatable bonds is 6. The van der Waals surface area contributed by atoms with Crippen LogP contribution >= 0.6 is 0 Å². The zero-order chi connectivity index (χ0) is 24.4. The lowest BCUT2D eigenvalue weighted by Gasteiger charge is -2.26. The molecular weight excluding hydrogens is 432 g/mol. The maximum Gasteiger partial charge on any atom is 0.295 e. The van der Waals surface area contributed by atoms with E-state index < -0.39 is 17.7 Å². The first-order chi connectivity index (χ1) is 16.3. The molecule has 7 nitrogen and oxygen atoms in total. The van der Waals surface area contributed by atoms with E-state index in [-0.39, 0.29) is 17.9 Å². The summed E-state index contributed by atoms with van der Waals surface area (Å²) < 4.78 is 10.7. The van der Waals surface area contributed by atoms with Crippen LogP contribution in [0.2, 0.25) is 0 Å². The van der Waals surface area contributed by atoms with Crippen molar-refractivity contribution in [1.29, 1.82) is 0 Å². The number of benzene rings is 2. The van der Waals surface area contributed by atoms with Crippen LogP contribution in [0.15, 0.2) is 66.5 Å². The highest BCUT2D eigenvalue weighted by atomic mass is 16.5. The fourth-order valence-corrected chi connectivity index (χ4v) is 4.23. The summed E-state index contributed by atoms with van der Waals surface area (Å²) in [5, 5.41) is 11.3. The number of carbonyl (C=O) groups is 2. The number of hydrogen-bond donors (Lipinski definition) is 1. The summed E-state index contributed by atoms with van der Waals surface area (Å²) >= 11 is 0. The Hall–Kier alpha value is -4.13. The second-order valence-electron chi connectivity index (χ2n) is 8.20. The van der Waals surface area contributed by atoms with Gasteiger partial charge in [-0.25, -0.2) is 0 Å². The molecule has 1 aromatic heterocycles. The van der Waals surface area contributed by atoms with Gasteiger partial charge in [-0.3, -0.25) is 14.6 Å². The van der Waals surface area contributed by atoms with Gasteiger partial charge in [-0.05, 0) is 54.8 Å². The van der Waals surface area contributed by atoms with Gasteiger partial charge in [-0.15, -0.1) is 0 Å². The van der Waals surface area contributed by atoms with Gasteiger partial charge in [-0.2, -0.15) is 0 Å². The van der Waals surface area contributed by atoms with Crippen LogP contribution in [0, 0.1) is 13.8 Å². The van der Waals surface area contributed by atoms with Crippen LogP contribution in [0.4, 0.5) is 0 Å². The van der Waals surface area contributed by atoms with Crippen molar-refractivity contribution < 1.29 is 24.2 Å². The third kappa shape index (κ3) is 4.12. The van der Waals surface area contributed by atoms with Crippen molar-refractivity contribution in [2.24, 2.45) is 0 Å². The number of pyridine rings is 1. The van der Waals surface area contributed by atoms with Crippen LogP contribution in [0.5, 0.6) is 11.5 Å². The summed E-state index contributed by atoms with van der Waals surface area (Å²) in [6.45, 7) is 4.17. The van der Waals surface area contributed by atoms with E-state index in [1.807, 2.05) is 32.0 Å². The number of aryl methyl sites for hydroxylation is 2. The van der Waals surface area contributed by atoms with Crippen LogP contribution in [0.3, 0.4) is 0 Å². The van der Waals surface area contributed by atoms with Crippen molar-refractivity contribution in [1.82, 2.24) is 9.88 Å². The van der Waals surface area contributed by atoms with Crippen molar-refractivity contribution in [2.45, 2.75) is 26.4 Å². The molecule has 1 N–H and O–H groups in total. The molecule has 0 aliphatic carbocycles. The molecule has 2 aromatic carbocycles. The predicted octanol–water partition coefficient (Wildman–Crippen LogP) is 4.34. The molecule has 1 atom stereocenters. The van der Waals surface area contributed by atoms with E-state index in [0.717, 1.165) is 16.7 Å². The van der Waals surface area contributed by atoms with E-state index in [4.69, 9.17) is 9.47 Å². The van der Waals surface area contributed by atoms with Crippen molar-refractivity contribution in [3.63, 3.8) is 0 Å². The van der Waals surface area contributed by atoms with Crippen LogP contribution in [-0.4, -0.2) is 40.9 Å². The Balaban J connectivity index is 1.89. The summed E-state index contributed by atoms with van der Waals surface area (Å²) in [7, 11) is 2.99. The molecule has 3 aromatic rings. The Morgan fingerprint density at radius 2 is 1.74 bits per heavy atom. The van der Waals surface area contributed by atoms with Gasteiger partial charge in [0.2, 0.25) is 0 Å². The monoisotopic (exact) mass is 458 g/mol. The molecule has 7 heteroatoms. The smallest absolute Gasteiger partial charge is 0.295 e. The van der Waals surface area contributed by atoms with E-state index in [9.17, 15) is 14.7 Å². The summed E-state index contributed by atoms with van der Waals surface area (Å²) in [4.78, 5) is 32.1. The van der Waals surface area contributed by atoms with Gasteiger partial charge < -0.3 is 19.5 Å². The van der Waals surface area contributed by atoms with Gasteiger partial charge in [0.1, 0.15) is 17.3 Å². The number of hydrogen-bond acceptors (Lipinski definition) is 6. The zero-order valence-corrected chi connectivity index (χ0v) is 19.5. The average molecular weight is 459 g/mol. The number of aromatic nitrogens is 1. The number of ketones is 1. The predicted molar refractivity (Wildman–Crippen MR) is 128 cm³/mol. The zero-order valence-electron chi connectivity index (χ0n) is 19.5. The van der Waals surface area contributed by atoms with Crippen molar-refractivity contribution >= 4 is 17.4 Å². The molecule has 0 spiro atoms. The maximum absolute atomic E-state index is 13.3. The molecule has 1 saturated heterocycles. The summed E-state index contributed by atoms with van der Waals surface area (Å²) in [6, 6.07) is 13.6. The third-order valence-electron chi connectivity index (χ3n) is 6.07. The quantitative estimate of drug-likeness (QED) is 0.336. The van der Waals surface area contributed by atoms with E-state index in [1.54, 1.807) is 42.7 Å². The fourth-order valence-electron chi connectivity index (χ4n) is 4.23. The number of Topliss-reactive ketones (excluding diaryl/α,β-unsaturated/α-hetero) is 1. The summed E-state index contributed by atoms with van der Waals surface area (Å²) in [6.07, 6.45) is 3.20. The van der Waals surface area contributed by atoms with E-state index in [1.165, 1.54) is 19.1 Å². The minimum absolute atomic E-state index is 0.00460.